The molecule has 2 rings (SSSR count). The summed E-state index contributed by atoms with van der Waals surface area (Å²) in [5.74, 6) is 0. The van der Waals surface area contributed by atoms with Crippen LogP contribution in [-0.2, 0) is 0 Å². The Labute approximate surface area is 61.7 Å². The van der Waals surface area contributed by atoms with E-state index < -0.39 is 0 Å². The summed E-state index contributed by atoms with van der Waals surface area (Å²) in [6, 6.07) is 0.648. The van der Waals surface area contributed by atoms with Crippen molar-refractivity contribution in [3.8, 4) is 0 Å². The van der Waals surface area contributed by atoms with Gasteiger partial charge < -0.3 is 10.6 Å². The van der Waals surface area contributed by atoms with Crippen molar-refractivity contribution in [2.75, 3.05) is 13.1 Å². The van der Waals surface area contributed by atoms with Crippen LogP contribution in [0.25, 0.3) is 0 Å². The van der Waals surface area contributed by atoms with Crippen molar-refractivity contribution in [3.63, 3.8) is 0 Å². The highest BCUT2D eigenvalue weighted by molar-refractivity contribution is 5.12. The van der Waals surface area contributed by atoms with Crippen LogP contribution in [-0.4, -0.2) is 19.1 Å². The van der Waals surface area contributed by atoms with Gasteiger partial charge in [-0.15, -0.1) is 0 Å². The highest BCUT2D eigenvalue weighted by atomic mass is 15.0. The molecule has 0 bridgehead atoms. The molecular formula is C8H13N2. The smallest absolute Gasteiger partial charge is 0.0584 e. The minimum atomic E-state index is 0.648. The summed E-state index contributed by atoms with van der Waals surface area (Å²) in [5, 5.41) is 6.58. The molecule has 55 valence electrons. The van der Waals surface area contributed by atoms with E-state index >= 15 is 0 Å². The average molecular weight is 137 g/mol. The Kier molecular flexibility index (Phi) is 1.63. The van der Waals surface area contributed by atoms with Crippen LogP contribution in [0, 0.1) is 6.20 Å². The maximum Gasteiger partial charge on any atom is 0.0584 e. The number of hydrogen-bond acceptors (Lipinski definition) is 2. The lowest BCUT2D eigenvalue weighted by Crippen LogP contribution is -2.22. The summed E-state index contributed by atoms with van der Waals surface area (Å²) in [6.07, 6.45) is 7.03. The molecule has 0 aromatic carbocycles. The van der Waals surface area contributed by atoms with Gasteiger partial charge in [-0.25, -0.2) is 0 Å². The maximum atomic E-state index is 3.46. The van der Waals surface area contributed by atoms with E-state index in [4.69, 9.17) is 0 Å². The van der Waals surface area contributed by atoms with Crippen molar-refractivity contribution in [1.82, 2.24) is 10.6 Å². The van der Waals surface area contributed by atoms with Crippen LogP contribution >= 0.6 is 0 Å². The molecule has 1 radical (unpaired) electrons. The normalized spacial score (nSPS) is 32.0. The molecule has 1 unspecified atom stereocenters. The Hall–Kier alpha value is -0.500. The molecule has 0 aromatic heterocycles. The zero-order valence-corrected chi connectivity index (χ0v) is 6.11. The van der Waals surface area contributed by atoms with E-state index in [0.29, 0.717) is 6.04 Å². The van der Waals surface area contributed by atoms with Crippen LogP contribution in [0.1, 0.15) is 19.3 Å². The van der Waals surface area contributed by atoms with E-state index in [-0.39, 0.29) is 0 Å². The van der Waals surface area contributed by atoms with E-state index in [1.54, 1.807) is 0 Å². The van der Waals surface area contributed by atoms with Crippen molar-refractivity contribution < 1.29 is 0 Å². The predicted octanol–water partition coefficient (Wildman–Crippen LogP) is 0.419. The molecule has 2 nitrogen and oxygen atoms in total. The fraction of sp³-hybridized carbons (Fsp3) is 0.750. The van der Waals surface area contributed by atoms with Gasteiger partial charge in [0.1, 0.15) is 0 Å². The highest BCUT2D eigenvalue weighted by Gasteiger charge is 2.20. The highest BCUT2D eigenvalue weighted by Crippen LogP contribution is 2.17. The molecular weight excluding hydrogens is 124 g/mol. The molecule has 2 heteroatoms. The standard InChI is InChI=1S/C8H13N2/c1-2-8(10-4-1)7-3-5-9-6-7/h8-10H,1-5H2. The molecule has 0 saturated carbocycles. The first-order valence-electron chi connectivity index (χ1n) is 4.05. The quantitative estimate of drug-likeness (QED) is 0.547. The van der Waals surface area contributed by atoms with Crippen LogP contribution in [0.5, 0.6) is 0 Å². The Morgan fingerprint density at radius 3 is 3.00 bits per heavy atom. The van der Waals surface area contributed by atoms with E-state index in [2.05, 4.69) is 16.8 Å². The van der Waals surface area contributed by atoms with Crippen molar-refractivity contribution in [2.45, 2.75) is 25.3 Å². The van der Waals surface area contributed by atoms with Crippen LogP contribution in [0.3, 0.4) is 0 Å². The van der Waals surface area contributed by atoms with Gasteiger partial charge in [-0.1, -0.05) is 0 Å². The molecule has 0 amide bonds. The first-order valence-corrected chi connectivity index (χ1v) is 4.05. The number of nitrogens with one attached hydrogen (secondary N) is 2. The summed E-state index contributed by atoms with van der Waals surface area (Å²) in [7, 11) is 0. The molecule has 1 fully saturated rings. The maximum absolute atomic E-state index is 3.46. The zero-order valence-electron chi connectivity index (χ0n) is 6.11. The monoisotopic (exact) mass is 137 g/mol. The predicted molar refractivity (Wildman–Crippen MR) is 40.4 cm³/mol. The first kappa shape index (κ1) is 6.23. The second-order valence-electron chi connectivity index (χ2n) is 2.98. The summed E-state index contributed by atoms with van der Waals surface area (Å²) >= 11 is 0. The lowest BCUT2D eigenvalue weighted by atomic mass is 10.1. The first-order chi connectivity index (χ1) is 4.97. The average Bonchev–Trinajstić information content (AvgIpc) is 2.59. The van der Waals surface area contributed by atoms with E-state index in [1.807, 2.05) is 0 Å². The van der Waals surface area contributed by atoms with Crippen molar-refractivity contribution in [3.05, 3.63) is 11.8 Å². The van der Waals surface area contributed by atoms with E-state index in [9.17, 15) is 0 Å². The molecule has 2 aliphatic heterocycles. The fourth-order valence-electron chi connectivity index (χ4n) is 1.68. The second kappa shape index (κ2) is 2.62. The molecule has 1 atom stereocenters. The zero-order chi connectivity index (χ0) is 6.81. The van der Waals surface area contributed by atoms with Gasteiger partial charge in [0.05, 0.1) is 6.20 Å². The third-order valence-electron chi connectivity index (χ3n) is 2.25. The Bertz CT molecular complexity index is 145. The molecule has 2 N–H and O–H groups in total. The van der Waals surface area contributed by atoms with Crippen molar-refractivity contribution in [2.24, 2.45) is 0 Å². The molecule has 2 aliphatic rings. The summed E-state index contributed by atoms with van der Waals surface area (Å²) in [6.45, 7) is 2.28. The van der Waals surface area contributed by atoms with Gasteiger partial charge in [0.25, 0.3) is 0 Å². The summed E-state index contributed by atoms with van der Waals surface area (Å²) in [5.41, 5.74) is 1.46. The summed E-state index contributed by atoms with van der Waals surface area (Å²) in [4.78, 5) is 0. The van der Waals surface area contributed by atoms with Gasteiger partial charge in [-0.2, -0.15) is 0 Å². The molecule has 1 saturated heterocycles. The van der Waals surface area contributed by atoms with Crippen LogP contribution in [0.4, 0.5) is 0 Å². The van der Waals surface area contributed by atoms with E-state index in [1.165, 1.54) is 31.4 Å². The third-order valence-corrected chi connectivity index (χ3v) is 2.25. The molecule has 2 heterocycles. The Morgan fingerprint density at radius 2 is 2.40 bits per heavy atom. The minimum Gasteiger partial charge on any atom is -0.383 e. The van der Waals surface area contributed by atoms with Crippen LogP contribution < -0.4 is 10.6 Å². The fourth-order valence-corrected chi connectivity index (χ4v) is 1.68. The third kappa shape index (κ3) is 1.03. The van der Waals surface area contributed by atoms with Gasteiger partial charge in [-0.3, -0.25) is 0 Å². The van der Waals surface area contributed by atoms with Crippen molar-refractivity contribution >= 4 is 0 Å². The van der Waals surface area contributed by atoms with Gasteiger partial charge in [0.2, 0.25) is 0 Å². The summed E-state index contributed by atoms with van der Waals surface area (Å²) < 4.78 is 0. The molecule has 0 aliphatic carbocycles. The topological polar surface area (TPSA) is 24.1 Å². The number of hydrogen-bond donors (Lipinski definition) is 2. The molecule has 0 aromatic rings. The van der Waals surface area contributed by atoms with Crippen LogP contribution in [0.2, 0.25) is 0 Å². The second-order valence-corrected chi connectivity index (χ2v) is 2.98. The number of rotatable bonds is 1. The SMILES string of the molecule is [C]1=C(C2CCCN2)CCN1. The largest absolute Gasteiger partial charge is 0.383 e. The van der Waals surface area contributed by atoms with Crippen LogP contribution in [0.15, 0.2) is 5.57 Å². The van der Waals surface area contributed by atoms with Gasteiger partial charge >= 0.3 is 0 Å². The van der Waals surface area contributed by atoms with E-state index in [0.717, 1.165) is 6.54 Å². The Morgan fingerprint density at radius 1 is 1.40 bits per heavy atom. The minimum absolute atomic E-state index is 0.648. The van der Waals surface area contributed by atoms with Crippen molar-refractivity contribution in [1.29, 1.82) is 0 Å². The van der Waals surface area contributed by atoms with Gasteiger partial charge in [0.15, 0.2) is 0 Å². The van der Waals surface area contributed by atoms with Gasteiger partial charge in [-0.05, 0) is 31.4 Å². The lowest BCUT2D eigenvalue weighted by molar-refractivity contribution is 0.671. The van der Waals surface area contributed by atoms with Gasteiger partial charge in [0, 0.05) is 12.6 Å². The Balaban J connectivity index is 1.97. The molecule has 10 heavy (non-hydrogen) atoms. The lowest BCUT2D eigenvalue weighted by Gasteiger charge is -2.08. The molecule has 0 spiro atoms.